The second-order valence-electron chi connectivity index (χ2n) is 9.67. The van der Waals surface area contributed by atoms with Crippen LogP contribution in [0.4, 0.5) is 0 Å². The monoisotopic (exact) mass is 580 g/mol. The van der Waals surface area contributed by atoms with Gasteiger partial charge in [0.05, 0.1) is 15.5 Å². The molecule has 1 saturated carbocycles. The number of hydrogen-bond donors (Lipinski definition) is 0. The fraction of sp³-hybridized carbons (Fsp3) is 0.345. The summed E-state index contributed by atoms with van der Waals surface area (Å²) in [6.07, 6.45) is 9.10. The average Bonchev–Trinajstić information content (AvgIpc) is 3.50. The highest BCUT2D eigenvalue weighted by Crippen LogP contribution is 2.38. The van der Waals surface area contributed by atoms with Gasteiger partial charge in [0, 0.05) is 36.5 Å². The number of aromatic nitrogens is 2. The maximum atomic E-state index is 13.5. The SMILES string of the molecule is CCN(CC)S(=O)(=O)c1cccc(-c2nn(-c3ccccc3)cc2/C=C2/SC(=S)N(C3CCCCC3)C2=O)c1. The van der Waals surface area contributed by atoms with Crippen LogP contribution < -0.4 is 0 Å². The van der Waals surface area contributed by atoms with E-state index in [1.807, 2.05) is 62.5 Å². The van der Waals surface area contributed by atoms with E-state index in [0.29, 0.717) is 33.6 Å². The molecule has 2 aliphatic rings. The van der Waals surface area contributed by atoms with Crippen LogP contribution in [0.2, 0.25) is 0 Å². The van der Waals surface area contributed by atoms with E-state index in [2.05, 4.69) is 0 Å². The Bertz CT molecular complexity index is 1510. The summed E-state index contributed by atoms with van der Waals surface area (Å²) >= 11 is 6.97. The van der Waals surface area contributed by atoms with E-state index in [0.717, 1.165) is 36.9 Å². The van der Waals surface area contributed by atoms with Crippen molar-refractivity contribution < 1.29 is 13.2 Å². The van der Waals surface area contributed by atoms with Crippen molar-refractivity contribution in [2.75, 3.05) is 13.1 Å². The molecule has 0 N–H and O–H groups in total. The first kappa shape index (κ1) is 27.8. The Balaban J connectivity index is 1.58. The second kappa shape index (κ2) is 11.8. The van der Waals surface area contributed by atoms with Crippen LogP contribution in [0.15, 0.2) is 70.6 Å². The first-order valence-corrected chi connectivity index (χ1v) is 16.0. The molecule has 7 nitrogen and oxygen atoms in total. The molecule has 1 amide bonds. The van der Waals surface area contributed by atoms with Crippen LogP contribution in [0, 0.1) is 0 Å². The van der Waals surface area contributed by atoms with Gasteiger partial charge >= 0.3 is 0 Å². The molecule has 0 unspecified atom stereocenters. The van der Waals surface area contributed by atoms with E-state index in [-0.39, 0.29) is 16.8 Å². The number of rotatable bonds is 8. The normalized spacial score (nSPS) is 18.0. The number of thiocarbonyl (C=S) groups is 1. The maximum absolute atomic E-state index is 13.5. The van der Waals surface area contributed by atoms with Gasteiger partial charge in [0.2, 0.25) is 10.0 Å². The molecule has 39 heavy (non-hydrogen) atoms. The van der Waals surface area contributed by atoms with Crippen LogP contribution in [-0.2, 0) is 14.8 Å². The molecule has 2 fully saturated rings. The number of thioether (sulfide) groups is 1. The second-order valence-corrected chi connectivity index (χ2v) is 13.3. The van der Waals surface area contributed by atoms with Crippen LogP contribution in [0.25, 0.3) is 23.0 Å². The summed E-state index contributed by atoms with van der Waals surface area (Å²) in [4.78, 5) is 16.1. The molecule has 0 atom stereocenters. The average molecular weight is 581 g/mol. The molecule has 10 heteroatoms. The lowest BCUT2D eigenvalue weighted by Gasteiger charge is -2.29. The molecule has 2 heterocycles. The fourth-order valence-electron chi connectivity index (χ4n) is 5.22. The lowest BCUT2D eigenvalue weighted by atomic mass is 9.94. The zero-order valence-electron chi connectivity index (χ0n) is 22.1. The zero-order chi connectivity index (χ0) is 27.6. The smallest absolute Gasteiger partial charge is 0.266 e. The number of hydrogen-bond acceptors (Lipinski definition) is 6. The fourth-order valence-corrected chi connectivity index (χ4v) is 8.12. The van der Waals surface area contributed by atoms with E-state index in [1.165, 1.54) is 22.5 Å². The Hall–Kier alpha value is -2.79. The van der Waals surface area contributed by atoms with Crippen molar-refractivity contribution >= 4 is 50.3 Å². The van der Waals surface area contributed by atoms with Crippen molar-refractivity contribution in [1.82, 2.24) is 19.0 Å². The van der Waals surface area contributed by atoms with Gasteiger partial charge in [-0.3, -0.25) is 9.69 Å². The maximum Gasteiger partial charge on any atom is 0.266 e. The highest BCUT2D eigenvalue weighted by molar-refractivity contribution is 8.26. The van der Waals surface area contributed by atoms with Gasteiger partial charge in [-0.25, -0.2) is 13.1 Å². The number of sulfonamides is 1. The van der Waals surface area contributed by atoms with Crippen molar-refractivity contribution in [3.05, 3.63) is 71.3 Å². The van der Waals surface area contributed by atoms with Crippen molar-refractivity contribution in [2.45, 2.75) is 56.9 Å². The van der Waals surface area contributed by atoms with Crippen molar-refractivity contribution in [1.29, 1.82) is 0 Å². The summed E-state index contributed by atoms with van der Waals surface area (Å²) < 4.78 is 30.3. The molecule has 5 rings (SSSR count). The van der Waals surface area contributed by atoms with Crippen LogP contribution in [-0.4, -0.2) is 56.8 Å². The Morgan fingerprint density at radius 1 is 1.05 bits per heavy atom. The standard InChI is InChI=1S/C29H32N4O3S3/c1-3-31(4-2)39(35,36)25-17-11-12-21(18-25)27-22(20-32(30-27)23-13-7-5-8-14-23)19-26-28(34)33(29(37)38-26)24-15-9-6-10-16-24/h5,7-8,11-14,17-20,24H,3-4,6,9-10,15-16H2,1-2H3/b26-19+. The summed E-state index contributed by atoms with van der Waals surface area (Å²) in [5, 5.41) is 4.85. The van der Waals surface area contributed by atoms with Crippen LogP contribution in [0.1, 0.15) is 51.5 Å². The van der Waals surface area contributed by atoms with Crippen molar-refractivity contribution in [2.24, 2.45) is 0 Å². The summed E-state index contributed by atoms with van der Waals surface area (Å²) in [5.41, 5.74) is 2.84. The number of carbonyl (C=O) groups excluding carboxylic acids is 1. The summed E-state index contributed by atoms with van der Waals surface area (Å²) in [5.74, 6) is -0.0619. The van der Waals surface area contributed by atoms with Gasteiger partial charge in [-0.05, 0) is 43.2 Å². The molecule has 204 valence electrons. The molecule has 0 spiro atoms. The van der Waals surface area contributed by atoms with Gasteiger partial charge in [0.15, 0.2) is 0 Å². The minimum absolute atomic E-state index is 0.0619. The molecular formula is C29H32N4O3S3. The lowest BCUT2D eigenvalue weighted by Crippen LogP contribution is -2.39. The van der Waals surface area contributed by atoms with Crippen molar-refractivity contribution in [3.63, 3.8) is 0 Å². The molecule has 1 aliphatic heterocycles. The Labute approximate surface area is 239 Å². The van der Waals surface area contributed by atoms with Gasteiger partial charge < -0.3 is 0 Å². The third-order valence-electron chi connectivity index (χ3n) is 7.26. The van der Waals surface area contributed by atoms with Gasteiger partial charge in [-0.15, -0.1) is 0 Å². The molecule has 0 radical (unpaired) electrons. The highest BCUT2D eigenvalue weighted by atomic mass is 32.2. The van der Waals surface area contributed by atoms with Crippen LogP contribution >= 0.6 is 24.0 Å². The number of para-hydroxylation sites is 1. The quantitative estimate of drug-likeness (QED) is 0.237. The van der Waals surface area contributed by atoms with Gasteiger partial charge in [-0.2, -0.15) is 9.40 Å². The molecule has 1 aromatic heterocycles. The minimum Gasteiger partial charge on any atom is -0.290 e. The number of carbonyl (C=O) groups is 1. The first-order chi connectivity index (χ1) is 18.8. The van der Waals surface area contributed by atoms with Gasteiger partial charge in [-0.1, -0.05) is 87.4 Å². The van der Waals surface area contributed by atoms with E-state index >= 15 is 0 Å². The van der Waals surface area contributed by atoms with Crippen molar-refractivity contribution in [3.8, 4) is 16.9 Å². The highest BCUT2D eigenvalue weighted by Gasteiger charge is 2.37. The first-order valence-electron chi connectivity index (χ1n) is 13.4. The zero-order valence-corrected chi connectivity index (χ0v) is 24.6. The molecule has 2 aromatic carbocycles. The third-order valence-corrected chi connectivity index (χ3v) is 10.6. The van der Waals surface area contributed by atoms with Crippen LogP contribution in [0.3, 0.4) is 0 Å². The number of benzene rings is 2. The topological polar surface area (TPSA) is 75.5 Å². The van der Waals surface area contributed by atoms with E-state index in [4.69, 9.17) is 17.3 Å². The molecular weight excluding hydrogens is 549 g/mol. The third kappa shape index (κ3) is 5.61. The lowest BCUT2D eigenvalue weighted by molar-refractivity contribution is -0.124. The van der Waals surface area contributed by atoms with Gasteiger partial charge in [0.25, 0.3) is 5.91 Å². The van der Waals surface area contributed by atoms with E-state index in [9.17, 15) is 13.2 Å². The Morgan fingerprint density at radius 3 is 2.46 bits per heavy atom. The van der Waals surface area contributed by atoms with E-state index in [1.54, 1.807) is 27.8 Å². The Morgan fingerprint density at radius 2 is 1.77 bits per heavy atom. The minimum atomic E-state index is -3.65. The largest absolute Gasteiger partial charge is 0.290 e. The number of amides is 1. The van der Waals surface area contributed by atoms with E-state index < -0.39 is 10.0 Å². The predicted octanol–water partition coefficient (Wildman–Crippen LogP) is 6.10. The molecule has 1 aliphatic carbocycles. The molecule has 1 saturated heterocycles. The summed E-state index contributed by atoms with van der Waals surface area (Å²) in [7, 11) is -3.65. The molecule has 3 aromatic rings. The van der Waals surface area contributed by atoms with Gasteiger partial charge in [0.1, 0.15) is 10.0 Å². The Kier molecular flexibility index (Phi) is 8.37. The predicted molar refractivity (Wildman–Crippen MR) is 161 cm³/mol. The summed E-state index contributed by atoms with van der Waals surface area (Å²) in [6, 6.07) is 16.7. The van der Waals surface area contributed by atoms with Crippen LogP contribution in [0.5, 0.6) is 0 Å². The number of nitrogens with zero attached hydrogens (tertiary/aromatic N) is 4. The molecule has 0 bridgehead atoms. The summed E-state index contributed by atoms with van der Waals surface area (Å²) in [6.45, 7) is 4.43.